The van der Waals surface area contributed by atoms with E-state index in [9.17, 15) is 14.0 Å². The fourth-order valence-corrected chi connectivity index (χ4v) is 2.21. The van der Waals surface area contributed by atoms with E-state index in [0.29, 0.717) is 12.2 Å². The summed E-state index contributed by atoms with van der Waals surface area (Å²) in [7, 11) is 0. The van der Waals surface area contributed by atoms with Gasteiger partial charge in [0.2, 0.25) is 5.91 Å². The number of hydrogen-bond donors (Lipinski definition) is 2. The number of rotatable bonds is 8. The molecule has 0 aliphatic rings. The number of amides is 2. The minimum absolute atomic E-state index is 0.242. The zero-order chi connectivity index (χ0) is 18.9. The molecule has 5 nitrogen and oxygen atoms in total. The predicted molar refractivity (Wildman–Crippen MR) is 97.2 cm³/mol. The van der Waals surface area contributed by atoms with E-state index in [-0.39, 0.29) is 30.5 Å². The first-order valence-electron chi connectivity index (χ1n) is 8.45. The largest absolute Gasteiger partial charge is 0.364 e. The molecule has 0 saturated heterocycles. The van der Waals surface area contributed by atoms with Crippen LogP contribution in [-0.2, 0) is 16.1 Å². The Morgan fingerprint density at radius 3 is 2.46 bits per heavy atom. The van der Waals surface area contributed by atoms with Gasteiger partial charge >= 0.3 is 0 Å². The molecule has 2 aromatic carbocycles. The average Bonchev–Trinajstić information content (AvgIpc) is 2.65. The Hall–Kier alpha value is -2.73. The highest BCUT2D eigenvalue weighted by molar-refractivity contribution is 5.94. The van der Waals surface area contributed by atoms with Crippen molar-refractivity contribution in [2.24, 2.45) is 0 Å². The van der Waals surface area contributed by atoms with Crippen LogP contribution in [0.4, 0.5) is 4.39 Å². The fourth-order valence-electron chi connectivity index (χ4n) is 2.21. The molecule has 0 heterocycles. The van der Waals surface area contributed by atoms with Crippen molar-refractivity contribution in [3.8, 4) is 0 Å². The number of carbonyl (C=O) groups excluding carboxylic acids is 2. The number of carbonyl (C=O) groups is 2. The lowest BCUT2D eigenvalue weighted by molar-refractivity contribution is -0.132. The molecule has 0 bridgehead atoms. The molecule has 26 heavy (non-hydrogen) atoms. The summed E-state index contributed by atoms with van der Waals surface area (Å²) in [4.78, 5) is 23.9. The van der Waals surface area contributed by atoms with Gasteiger partial charge in [-0.1, -0.05) is 36.4 Å². The molecular weight excluding hydrogens is 335 g/mol. The van der Waals surface area contributed by atoms with Crippen LogP contribution < -0.4 is 10.6 Å². The molecule has 0 fully saturated rings. The van der Waals surface area contributed by atoms with Crippen molar-refractivity contribution in [2.45, 2.75) is 26.6 Å². The molecule has 1 atom stereocenters. The summed E-state index contributed by atoms with van der Waals surface area (Å²) < 4.78 is 19.0. The zero-order valence-electron chi connectivity index (χ0n) is 14.9. The molecule has 0 saturated carbocycles. The van der Waals surface area contributed by atoms with Crippen LogP contribution in [0.15, 0.2) is 48.5 Å². The zero-order valence-corrected chi connectivity index (χ0v) is 14.9. The second-order valence-electron chi connectivity index (χ2n) is 5.95. The lowest BCUT2D eigenvalue weighted by Gasteiger charge is -2.14. The highest BCUT2D eigenvalue weighted by atomic mass is 19.1. The van der Waals surface area contributed by atoms with Crippen LogP contribution in [0.2, 0.25) is 0 Å². The molecule has 0 radical (unpaired) electrons. The van der Waals surface area contributed by atoms with Gasteiger partial charge in [0.05, 0.1) is 6.61 Å². The van der Waals surface area contributed by atoms with E-state index in [0.717, 1.165) is 5.56 Å². The monoisotopic (exact) mass is 358 g/mol. The molecule has 1 unspecified atom stereocenters. The SMILES string of the molecule is Cc1ccc(C(=O)NCCNC(=O)C(C)OCc2ccccc2)cc1F. The van der Waals surface area contributed by atoms with Crippen molar-refractivity contribution in [1.29, 1.82) is 0 Å². The van der Waals surface area contributed by atoms with Crippen molar-refractivity contribution in [3.63, 3.8) is 0 Å². The first kappa shape index (κ1) is 19.6. The molecule has 138 valence electrons. The fraction of sp³-hybridized carbons (Fsp3) is 0.300. The number of nitrogens with one attached hydrogen (secondary N) is 2. The Balaban J connectivity index is 1.67. The number of benzene rings is 2. The van der Waals surface area contributed by atoms with E-state index in [2.05, 4.69) is 10.6 Å². The smallest absolute Gasteiger partial charge is 0.251 e. The minimum atomic E-state index is -0.600. The van der Waals surface area contributed by atoms with E-state index in [1.54, 1.807) is 26.0 Å². The first-order valence-corrected chi connectivity index (χ1v) is 8.45. The molecule has 2 aromatic rings. The van der Waals surface area contributed by atoms with Crippen LogP contribution in [0.25, 0.3) is 0 Å². The Morgan fingerprint density at radius 1 is 1.08 bits per heavy atom. The van der Waals surface area contributed by atoms with Crippen molar-refractivity contribution in [2.75, 3.05) is 13.1 Å². The van der Waals surface area contributed by atoms with Gasteiger partial charge in [-0.15, -0.1) is 0 Å². The van der Waals surface area contributed by atoms with Gasteiger partial charge in [0.1, 0.15) is 11.9 Å². The first-order chi connectivity index (χ1) is 12.5. The Kier molecular flexibility index (Phi) is 7.29. The van der Waals surface area contributed by atoms with E-state index in [4.69, 9.17) is 4.74 Å². The van der Waals surface area contributed by atoms with E-state index >= 15 is 0 Å². The average molecular weight is 358 g/mol. The lowest BCUT2D eigenvalue weighted by Crippen LogP contribution is -2.39. The molecule has 6 heteroatoms. The summed E-state index contributed by atoms with van der Waals surface area (Å²) in [6.07, 6.45) is -0.600. The van der Waals surface area contributed by atoms with Crippen LogP contribution in [0.3, 0.4) is 0 Å². The molecule has 2 amide bonds. The third-order valence-electron chi connectivity index (χ3n) is 3.86. The van der Waals surface area contributed by atoms with E-state index in [1.807, 2.05) is 30.3 Å². The maximum Gasteiger partial charge on any atom is 0.251 e. The molecule has 0 aliphatic carbocycles. The maximum absolute atomic E-state index is 13.5. The number of halogens is 1. The van der Waals surface area contributed by atoms with Gasteiger partial charge in [-0.25, -0.2) is 4.39 Å². The van der Waals surface area contributed by atoms with Gasteiger partial charge in [-0.3, -0.25) is 9.59 Å². The number of ether oxygens (including phenoxy) is 1. The van der Waals surface area contributed by atoms with Gasteiger partial charge in [0, 0.05) is 18.7 Å². The third-order valence-corrected chi connectivity index (χ3v) is 3.86. The van der Waals surface area contributed by atoms with Gasteiger partial charge < -0.3 is 15.4 Å². The molecule has 2 rings (SSSR count). The maximum atomic E-state index is 13.5. The van der Waals surface area contributed by atoms with Crippen LogP contribution in [0.1, 0.15) is 28.4 Å². The third kappa shape index (κ3) is 5.97. The second-order valence-corrected chi connectivity index (χ2v) is 5.95. The second kappa shape index (κ2) is 9.68. The number of hydrogen-bond acceptors (Lipinski definition) is 3. The van der Waals surface area contributed by atoms with Crippen LogP contribution in [0, 0.1) is 12.7 Å². The lowest BCUT2D eigenvalue weighted by atomic mass is 10.1. The van der Waals surface area contributed by atoms with Gasteiger partial charge in [-0.2, -0.15) is 0 Å². The quantitative estimate of drug-likeness (QED) is 0.713. The Bertz CT molecular complexity index is 750. The van der Waals surface area contributed by atoms with Crippen molar-refractivity contribution >= 4 is 11.8 Å². The molecule has 2 N–H and O–H groups in total. The molecule has 0 aromatic heterocycles. The summed E-state index contributed by atoms with van der Waals surface area (Å²) >= 11 is 0. The summed E-state index contributed by atoms with van der Waals surface area (Å²) in [5.41, 5.74) is 1.72. The minimum Gasteiger partial charge on any atom is -0.364 e. The Labute approximate surface area is 152 Å². The van der Waals surface area contributed by atoms with Crippen LogP contribution >= 0.6 is 0 Å². The molecular formula is C20H23FN2O3. The van der Waals surface area contributed by atoms with Crippen LogP contribution in [-0.4, -0.2) is 31.0 Å². The standard InChI is InChI=1S/C20H23FN2O3/c1-14-8-9-17(12-18(14)21)20(25)23-11-10-22-19(24)15(2)26-13-16-6-4-3-5-7-16/h3-9,12,15H,10-11,13H2,1-2H3,(H,22,24)(H,23,25). The normalized spacial score (nSPS) is 11.7. The van der Waals surface area contributed by atoms with Gasteiger partial charge in [-0.05, 0) is 37.1 Å². The molecule has 0 aliphatic heterocycles. The molecule has 0 spiro atoms. The van der Waals surface area contributed by atoms with Crippen molar-refractivity contribution in [1.82, 2.24) is 10.6 Å². The van der Waals surface area contributed by atoms with Gasteiger partial charge in [0.25, 0.3) is 5.91 Å². The summed E-state index contributed by atoms with van der Waals surface area (Å²) in [5.74, 6) is -1.06. The van der Waals surface area contributed by atoms with E-state index in [1.165, 1.54) is 6.07 Å². The van der Waals surface area contributed by atoms with Crippen molar-refractivity contribution < 1.29 is 18.7 Å². The van der Waals surface area contributed by atoms with Crippen molar-refractivity contribution in [3.05, 3.63) is 71.0 Å². The topological polar surface area (TPSA) is 67.4 Å². The van der Waals surface area contributed by atoms with Crippen LogP contribution in [0.5, 0.6) is 0 Å². The number of aryl methyl sites for hydroxylation is 1. The highest BCUT2D eigenvalue weighted by Crippen LogP contribution is 2.08. The summed E-state index contributed by atoms with van der Waals surface area (Å²) in [5, 5.41) is 5.33. The predicted octanol–water partition coefficient (Wildman–Crippen LogP) is 2.59. The highest BCUT2D eigenvalue weighted by Gasteiger charge is 2.13. The van der Waals surface area contributed by atoms with E-state index < -0.39 is 11.9 Å². The summed E-state index contributed by atoms with van der Waals surface area (Å²) in [6, 6.07) is 13.9. The summed E-state index contributed by atoms with van der Waals surface area (Å²) in [6.45, 7) is 4.16. The Morgan fingerprint density at radius 2 is 1.77 bits per heavy atom. The van der Waals surface area contributed by atoms with Gasteiger partial charge in [0.15, 0.2) is 0 Å².